The Morgan fingerprint density at radius 2 is 0.766 bits per heavy atom. The highest BCUT2D eigenvalue weighted by Gasteiger charge is 2.19. The fourth-order valence-corrected chi connectivity index (χ4v) is 12.2. The van der Waals surface area contributed by atoms with E-state index >= 15 is 0 Å². The smallest absolute Gasteiger partial charge is 0.356 e. The van der Waals surface area contributed by atoms with Gasteiger partial charge >= 0.3 is 33.2 Å². The number of nitrogens with one attached hydrogen (secondary N) is 4. The minimum atomic E-state index is -3.83. The number of carboxylic acid groups (broad SMARTS) is 1. The highest BCUT2D eigenvalue weighted by Crippen LogP contribution is 2.38. The molecule has 35 heteroatoms. The topological polar surface area (TPSA) is 265 Å². The highest BCUT2D eigenvalue weighted by molar-refractivity contribution is 14.1. The van der Waals surface area contributed by atoms with Gasteiger partial charge < -0.3 is 74.4 Å². The summed E-state index contributed by atoms with van der Waals surface area (Å²) in [5.74, 6) is -2.11. The van der Waals surface area contributed by atoms with Crippen LogP contribution in [0.25, 0.3) is 0 Å². The van der Waals surface area contributed by atoms with Gasteiger partial charge in [-0.3, -0.25) is 33.8 Å². The van der Waals surface area contributed by atoms with Crippen LogP contribution in [0, 0.1) is 0 Å². The third-order valence-corrected chi connectivity index (χ3v) is 18.0. The van der Waals surface area contributed by atoms with Gasteiger partial charge in [0, 0.05) is 80.1 Å². The Labute approximate surface area is 727 Å². The van der Waals surface area contributed by atoms with Crippen molar-refractivity contribution in [2.24, 2.45) is 0 Å². The van der Waals surface area contributed by atoms with Crippen LogP contribution in [0.3, 0.4) is 0 Å². The zero-order valence-corrected chi connectivity index (χ0v) is 72.3. The number of pyridine rings is 2. The van der Waals surface area contributed by atoms with Crippen LogP contribution in [0.2, 0.25) is 40.2 Å². The van der Waals surface area contributed by atoms with Gasteiger partial charge in [0.1, 0.15) is 16.2 Å². The number of ether oxygens (including phenoxy) is 3. The quantitative estimate of drug-likeness (QED) is 0.00940. The fourth-order valence-electron chi connectivity index (χ4n) is 9.03. The molecule has 0 radical (unpaired) electrons. The second-order valence-electron chi connectivity index (χ2n) is 22.4. The van der Waals surface area contributed by atoms with E-state index in [0.29, 0.717) is 95.6 Å². The number of anilines is 8. The Hall–Kier alpha value is -7.36. The summed E-state index contributed by atoms with van der Waals surface area (Å²) in [7, 11) is 7.46. The molecule has 0 fully saturated rings. The van der Waals surface area contributed by atoms with Gasteiger partial charge in [-0.25, -0.2) is 4.18 Å². The van der Waals surface area contributed by atoms with Crippen molar-refractivity contribution in [2.45, 2.75) is 32.4 Å². The molecule has 0 aliphatic rings. The fraction of sp³-hybridized carbons (Fsp3) is 0.158. The number of nitrogens with zero attached hydrogens (tertiary/aromatic N) is 4. The molecule has 2 heterocycles. The van der Waals surface area contributed by atoms with Gasteiger partial charge in [-0.05, 0) is 136 Å². The second kappa shape index (κ2) is 50.7. The maximum atomic E-state index is 12.5. The molecule has 111 heavy (non-hydrogen) atoms. The number of benzene rings is 8. The predicted molar refractivity (Wildman–Crippen MR) is 449 cm³/mol. The molecule has 21 nitrogen and oxygen atoms in total. The van der Waals surface area contributed by atoms with Crippen LogP contribution in [0.15, 0.2) is 219 Å². The molecular formula is C76H69Cl11I2N8O13S. The summed E-state index contributed by atoms with van der Waals surface area (Å²) in [4.78, 5) is 76.7. The number of carboxylic acids is 1. The number of aromatic nitrogens is 2. The Morgan fingerprint density at radius 1 is 0.441 bits per heavy atom. The number of halogens is 13. The number of hydrogen-bond acceptors (Lipinski definition) is 17. The maximum absolute atomic E-state index is 12.5. The minimum absolute atomic E-state index is 0. The predicted octanol–water partition coefficient (Wildman–Crippen LogP) is 17.5. The van der Waals surface area contributed by atoms with E-state index in [9.17, 15) is 37.2 Å². The van der Waals surface area contributed by atoms with E-state index in [4.69, 9.17) is 135 Å². The lowest BCUT2D eigenvalue weighted by atomic mass is 10.1. The first-order valence-electron chi connectivity index (χ1n) is 31.9. The number of carbonyl (C=O) groups excluding carboxylic acids is 5. The summed E-state index contributed by atoms with van der Waals surface area (Å²) in [6.45, 7) is -0.000676. The maximum Gasteiger partial charge on any atom is 0.356 e. The SMILES string of the molecule is CN(C)C(=O)c1ccc[n+](COC(=O)Cc2ccccc2Nc2c(Cl)cccc2Cl)c1.CN(C)C(=O)c1cccnc1.O=C(Cc1ccccc1Nc1c(Cl)cccc1Cl)OCCl.O=C(Cc1ccccc1Nc1c(Cl)cccc1Cl)OCI.O=C(O)Cc1ccccc1Nc1c(Cl)cccc1Cl.O=S(=O)(Cl)OCCl.[I-]. The van der Waals surface area contributed by atoms with Crippen LogP contribution in [0.4, 0.5) is 45.5 Å². The number of carbonyl (C=O) groups is 6. The van der Waals surface area contributed by atoms with Gasteiger partial charge in [-0.2, -0.15) is 13.0 Å². The summed E-state index contributed by atoms with van der Waals surface area (Å²) in [5.41, 5.74) is 9.40. The molecule has 2 aromatic heterocycles. The van der Waals surface area contributed by atoms with Crippen LogP contribution in [0.1, 0.15) is 43.0 Å². The standard InChI is InChI=1S/C23H22Cl2N3O3.C15H12Cl3NO2.C15H12Cl2INO2.C14H11Cl2NO2.C8H10N2O.CH2Cl2O3S.HI/c1-27(2)23(30)17-8-6-12-28(14-17)15-31-21(29)13-16-7-3-4-11-20(16)26-22-18(24)9-5-10-19(22)25;16-9-21-14(20)8-10-4-1-2-7-13(10)19-15-11(17)5-3-6-12(15)18;16-11-5-3-6-12(17)15(11)19-13-7-2-1-4-10(13)8-14(20)21-9-18;15-10-5-3-6-11(16)14(10)17-12-7-2-1-4-9(12)8-13(18)19;1-10(2)8(11)7-4-3-5-9-6-7;2-1-6-7(3,4)5;/h3-12,14,26H,13,15H2,1-2H3;2*1-7,19H,8-9H2;1-7,17H,8H2,(H,18,19);3-6H,1-2H3;1H2;1H/q+1;;;;;;/p-1. The Balaban J connectivity index is 0.000000293. The minimum Gasteiger partial charge on any atom is -1.00 e. The molecular weight excluding hydrogens is 1910 g/mol. The first-order chi connectivity index (χ1) is 52.4. The lowest BCUT2D eigenvalue weighted by molar-refractivity contribution is -0.727. The van der Waals surface area contributed by atoms with E-state index in [1.165, 1.54) is 9.80 Å². The van der Waals surface area contributed by atoms with Crippen LogP contribution in [0.5, 0.6) is 0 Å². The zero-order chi connectivity index (χ0) is 80.9. The van der Waals surface area contributed by atoms with Crippen LogP contribution < -0.4 is 49.8 Å². The average molecular weight is 1980 g/mol. The average Bonchev–Trinajstić information content (AvgIpc) is 0.847. The largest absolute Gasteiger partial charge is 1.00 e. The van der Waals surface area contributed by atoms with Gasteiger partial charge in [0.05, 0.1) is 94.2 Å². The number of aliphatic carboxylic acids is 1. The Kier molecular flexibility index (Phi) is 43.8. The van der Waals surface area contributed by atoms with E-state index in [2.05, 4.69) is 41.1 Å². The summed E-state index contributed by atoms with van der Waals surface area (Å²) in [6.07, 6.45) is 6.87. The van der Waals surface area contributed by atoms with E-state index in [0.717, 1.165) is 28.1 Å². The Morgan fingerprint density at radius 3 is 1.06 bits per heavy atom. The van der Waals surface area contributed by atoms with Crippen molar-refractivity contribution in [1.29, 1.82) is 0 Å². The van der Waals surface area contributed by atoms with Crippen molar-refractivity contribution < 1.29 is 89.2 Å². The number of esters is 3. The third-order valence-electron chi connectivity index (χ3n) is 14.1. The number of alkyl halides is 3. The molecule has 5 N–H and O–H groups in total. The number of rotatable bonds is 24. The van der Waals surface area contributed by atoms with Crippen molar-refractivity contribution in [3.05, 3.63) is 292 Å². The first kappa shape index (κ1) is 96.0. The summed E-state index contributed by atoms with van der Waals surface area (Å²) >= 11 is 61.4. The van der Waals surface area contributed by atoms with Crippen molar-refractivity contribution in [2.75, 3.05) is 66.2 Å². The van der Waals surface area contributed by atoms with Crippen LogP contribution in [-0.2, 0) is 79.3 Å². The molecule has 10 rings (SSSR count). The van der Waals surface area contributed by atoms with E-state index in [-0.39, 0.29) is 80.2 Å². The van der Waals surface area contributed by atoms with E-state index in [1.807, 2.05) is 101 Å². The number of hydrogen-bond donors (Lipinski definition) is 5. The summed E-state index contributed by atoms with van der Waals surface area (Å²) < 4.78 is 40.2. The van der Waals surface area contributed by atoms with Crippen molar-refractivity contribution in [3.63, 3.8) is 0 Å². The molecule has 0 saturated carbocycles. The molecule has 8 aromatic carbocycles. The van der Waals surface area contributed by atoms with Gasteiger partial charge in [-0.1, -0.05) is 213 Å². The molecule has 0 bridgehead atoms. The summed E-state index contributed by atoms with van der Waals surface area (Å²) in [5, 5.41) is 25.5. The molecule has 588 valence electrons. The van der Waals surface area contributed by atoms with Crippen LogP contribution >= 0.6 is 149 Å². The monoisotopic (exact) mass is 1970 g/mol. The second-order valence-corrected chi connectivity index (χ2v) is 28.9. The molecule has 0 aliphatic carbocycles. The normalized spacial score (nSPS) is 10.2. The number of amides is 2. The van der Waals surface area contributed by atoms with Crippen molar-refractivity contribution in [1.82, 2.24) is 14.8 Å². The van der Waals surface area contributed by atoms with Crippen molar-refractivity contribution >= 4 is 240 Å². The van der Waals surface area contributed by atoms with E-state index in [1.54, 1.807) is 173 Å². The highest BCUT2D eigenvalue weighted by atomic mass is 127. The van der Waals surface area contributed by atoms with Gasteiger partial charge in [-0.15, -0.1) is 0 Å². The van der Waals surface area contributed by atoms with Crippen molar-refractivity contribution in [3.8, 4) is 0 Å². The molecule has 0 spiro atoms. The van der Waals surface area contributed by atoms with E-state index < -0.39 is 33.3 Å². The lowest BCUT2D eigenvalue weighted by Crippen LogP contribution is -3.00. The zero-order valence-electron chi connectivity index (χ0n) is 58.9. The van der Waals surface area contributed by atoms with Gasteiger partial charge in [0.2, 0.25) is 0 Å². The molecule has 0 saturated heterocycles. The van der Waals surface area contributed by atoms with Gasteiger partial charge in [0.25, 0.3) is 18.5 Å². The lowest BCUT2D eigenvalue weighted by Gasteiger charge is -2.14. The molecule has 0 aliphatic heterocycles. The first-order valence-corrected chi connectivity index (χ1v) is 39.7. The Bertz CT molecular complexity index is 4670. The van der Waals surface area contributed by atoms with Crippen LogP contribution in [-0.4, -0.2) is 109 Å². The molecule has 10 aromatic rings. The molecule has 0 unspecified atom stereocenters. The summed E-state index contributed by atoms with van der Waals surface area (Å²) in [6, 6.07) is 56.6. The third kappa shape index (κ3) is 34.5. The molecule has 0 atom stereocenters. The van der Waals surface area contributed by atoms with Gasteiger partial charge in [0.15, 0.2) is 18.5 Å². The molecule has 2 amide bonds. The number of para-hydroxylation sites is 8.